The predicted molar refractivity (Wildman–Crippen MR) is 93.8 cm³/mol. The number of rotatable bonds is 4. The molecule has 1 aliphatic heterocycles. The third kappa shape index (κ3) is 3.92. The monoisotopic (exact) mass is 366 g/mol. The van der Waals surface area contributed by atoms with Crippen LogP contribution in [0.25, 0.3) is 0 Å². The largest absolute Gasteiger partial charge is 0.416 e. The Balaban J connectivity index is 1.96. The Labute approximate surface area is 148 Å². The molecule has 0 unspecified atom stereocenters. The van der Waals surface area contributed by atoms with Gasteiger partial charge in [-0.25, -0.2) is 0 Å². The molecule has 0 saturated heterocycles. The zero-order valence-electron chi connectivity index (χ0n) is 13.8. The second-order valence-electron chi connectivity index (χ2n) is 5.77. The summed E-state index contributed by atoms with van der Waals surface area (Å²) in [6.07, 6.45) is -4.37. The fraction of sp³-hybridized carbons (Fsp3) is 0.278. The Hall–Kier alpha value is -2.15. The van der Waals surface area contributed by atoms with E-state index in [2.05, 4.69) is 5.16 Å². The molecule has 0 aromatic heterocycles. The van der Waals surface area contributed by atoms with E-state index in [0.29, 0.717) is 12.2 Å². The first-order chi connectivity index (χ1) is 11.9. The van der Waals surface area contributed by atoms with Crippen molar-refractivity contribution in [2.24, 2.45) is 5.16 Å². The molecule has 0 fully saturated rings. The van der Waals surface area contributed by atoms with Crippen molar-refractivity contribution in [1.29, 1.82) is 0 Å². The van der Waals surface area contributed by atoms with E-state index in [9.17, 15) is 13.2 Å². The summed E-state index contributed by atoms with van der Waals surface area (Å²) < 4.78 is 39.3. The molecule has 0 bridgehead atoms. The van der Waals surface area contributed by atoms with Gasteiger partial charge in [0.05, 0.1) is 29.2 Å². The zero-order valence-corrected chi connectivity index (χ0v) is 14.6. The summed E-state index contributed by atoms with van der Waals surface area (Å²) in [5.41, 5.74) is 1.55. The SMILES string of the molecule is CC(C)=NOCCN1c2ccccc2Sc2ccc(C(F)(F)F)cc21. The van der Waals surface area contributed by atoms with Gasteiger partial charge < -0.3 is 9.74 Å². The quantitative estimate of drug-likeness (QED) is 0.393. The lowest BCUT2D eigenvalue weighted by molar-refractivity contribution is -0.137. The Morgan fingerprint density at radius 2 is 1.80 bits per heavy atom. The molecule has 0 radical (unpaired) electrons. The molecular formula is C18H17F3N2OS. The number of alkyl halides is 3. The van der Waals surface area contributed by atoms with Crippen molar-refractivity contribution in [2.45, 2.75) is 29.8 Å². The number of halogens is 3. The minimum atomic E-state index is -4.37. The molecule has 25 heavy (non-hydrogen) atoms. The minimum Gasteiger partial charge on any atom is -0.394 e. The first-order valence-electron chi connectivity index (χ1n) is 7.75. The van der Waals surface area contributed by atoms with E-state index < -0.39 is 11.7 Å². The fourth-order valence-corrected chi connectivity index (χ4v) is 3.63. The number of nitrogens with zero attached hydrogens (tertiary/aromatic N) is 2. The van der Waals surface area contributed by atoms with Gasteiger partial charge in [0.2, 0.25) is 0 Å². The van der Waals surface area contributed by atoms with Gasteiger partial charge in [-0.2, -0.15) is 13.2 Å². The van der Waals surface area contributed by atoms with E-state index in [4.69, 9.17) is 4.84 Å². The first-order valence-corrected chi connectivity index (χ1v) is 8.57. The van der Waals surface area contributed by atoms with Gasteiger partial charge in [0.15, 0.2) is 0 Å². The summed E-state index contributed by atoms with van der Waals surface area (Å²) >= 11 is 1.47. The minimum absolute atomic E-state index is 0.278. The molecule has 2 aromatic rings. The molecular weight excluding hydrogens is 349 g/mol. The topological polar surface area (TPSA) is 24.8 Å². The van der Waals surface area contributed by atoms with Crippen molar-refractivity contribution in [3.8, 4) is 0 Å². The number of benzene rings is 2. The van der Waals surface area contributed by atoms with Crippen LogP contribution in [-0.2, 0) is 11.0 Å². The van der Waals surface area contributed by atoms with Crippen LogP contribution in [-0.4, -0.2) is 18.9 Å². The highest BCUT2D eigenvalue weighted by molar-refractivity contribution is 7.99. The molecule has 0 N–H and O–H groups in total. The molecule has 0 spiro atoms. The van der Waals surface area contributed by atoms with Gasteiger partial charge >= 0.3 is 6.18 Å². The third-order valence-corrected chi connectivity index (χ3v) is 4.74. The number of para-hydroxylation sites is 1. The van der Waals surface area contributed by atoms with Crippen LogP contribution in [0.5, 0.6) is 0 Å². The van der Waals surface area contributed by atoms with Crippen LogP contribution >= 0.6 is 11.8 Å². The van der Waals surface area contributed by atoms with Crippen LogP contribution in [0.4, 0.5) is 24.5 Å². The van der Waals surface area contributed by atoms with Crippen LogP contribution in [0.1, 0.15) is 19.4 Å². The molecule has 1 heterocycles. The van der Waals surface area contributed by atoms with E-state index in [1.807, 2.05) is 43.0 Å². The molecule has 2 aromatic carbocycles. The summed E-state index contributed by atoms with van der Waals surface area (Å²) in [6.45, 7) is 4.32. The first kappa shape index (κ1) is 17.7. The van der Waals surface area contributed by atoms with Crippen LogP contribution in [0.2, 0.25) is 0 Å². The van der Waals surface area contributed by atoms with E-state index in [1.54, 1.807) is 0 Å². The Bertz CT molecular complexity index is 801. The van der Waals surface area contributed by atoms with Crippen molar-refractivity contribution < 1.29 is 18.0 Å². The smallest absolute Gasteiger partial charge is 0.394 e. The van der Waals surface area contributed by atoms with Crippen molar-refractivity contribution in [3.63, 3.8) is 0 Å². The van der Waals surface area contributed by atoms with E-state index >= 15 is 0 Å². The van der Waals surface area contributed by atoms with E-state index in [-0.39, 0.29) is 6.61 Å². The maximum Gasteiger partial charge on any atom is 0.416 e. The van der Waals surface area contributed by atoms with Gasteiger partial charge in [0, 0.05) is 9.79 Å². The number of fused-ring (bicyclic) bond motifs is 2. The molecule has 0 saturated carbocycles. The van der Waals surface area contributed by atoms with Crippen LogP contribution in [0.3, 0.4) is 0 Å². The predicted octanol–water partition coefficient (Wildman–Crippen LogP) is 5.72. The molecule has 132 valence electrons. The summed E-state index contributed by atoms with van der Waals surface area (Å²) in [6, 6.07) is 11.5. The van der Waals surface area contributed by atoms with Gasteiger partial charge in [0.1, 0.15) is 6.61 Å². The highest BCUT2D eigenvalue weighted by Crippen LogP contribution is 2.49. The zero-order chi connectivity index (χ0) is 18.0. The second-order valence-corrected chi connectivity index (χ2v) is 6.86. The van der Waals surface area contributed by atoms with Crippen molar-refractivity contribution in [3.05, 3.63) is 48.0 Å². The molecule has 0 amide bonds. The normalized spacial score (nSPS) is 13.1. The molecule has 0 aliphatic carbocycles. The standard InChI is InChI=1S/C18H17F3N2OS/c1-12(2)22-24-10-9-23-14-5-3-4-6-16(14)25-17-8-7-13(11-15(17)23)18(19,20)21/h3-8,11H,9-10H2,1-2H3. The number of oxime groups is 1. The lowest BCUT2D eigenvalue weighted by Gasteiger charge is -2.33. The highest BCUT2D eigenvalue weighted by Gasteiger charge is 2.33. The highest BCUT2D eigenvalue weighted by atomic mass is 32.2. The Morgan fingerprint density at radius 3 is 2.52 bits per heavy atom. The van der Waals surface area contributed by atoms with Crippen LogP contribution < -0.4 is 4.90 Å². The molecule has 3 rings (SSSR count). The lowest BCUT2D eigenvalue weighted by atomic mass is 10.1. The van der Waals surface area contributed by atoms with Gasteiger partial charge in [0.25, 0.3) is 0 Å². The van der Waals surface area contributed by atoms with E-state index in [0.717, 1.165) is 27.3 Å². The van der Waals surface area contributed by atoms with Crippen molar-refractivity contribution in [1.82, 2.24) is 0 Å². The van der Waals surface area contributed by atoms with Crippen molar-refractivity contribution in [2.75, 3.05) is 18.1 Å². The number of hydrogen-bond acceptors (Lipinski definition) is 4. The number of anilines is 2. The summed E-state index contributed by atoms with van der Waals surface area (Å²) in [5.74, 6) is 0. The molecule has 7 heteroatoms. The van der Waals surface area contributed by atoms with Gasteiger partial charge in [-0.1, -0.05) is 29.1 Å². The average molecular weight is 366 g/mol. The number of hydrogen-bond donors (Lipinski definition) is 0. The molecule has 0 atom stereocenters. The third-order valence-electron chi connectivity index (χ3n) is 3.61. The molecule has 3 nitrogen and oxygen atoms in total. The second kappa shape index (κ2) is 7.00. The van der Waals surface area contributed by atoms with Gasteiger partial charge in [-0.3, -0.25) is 0 Å². The average Bonchev–Trinajstić information content (AvgIpc) is 2.56. The molecule has 1 aliphatic rings. The lowest BCUT2D eigenvalue weighted by Crippen LogP contribution is -2.25. The van der Waals surface area contributed by atoms with Crippen LogP contribution in [0, 0.1) is 0 Å². The maximum absolute atomic E-state index is 13.1. The fourth-order valence-electron chi connectivity index (χ4n) is 2.55. The van der Waals surface area contributed by atoms with Crippen LogP contribution in [0.15, 0.2) is 57.4 Å². The van der Waals surface area contributed by atoms with Gasteiger partial charge in [-0.05, 0) is 44.2 Å². The Morgan fingerprint density at radius 1 is 1.08 bits per heavy atom. The van der Waals surface area contributed by atoms with E-state index in [1.165, 1.54) is 23.9 Å². The van der Waals surface area contributed by atoms with Gasteiger partial charge in [-0.15, -0.1) is 0 Å². The summed E-state index contributed by atoms with van der Waals surface area (Å²) in [5, 5.41) is 3.88. The summed E-state index contributed by atoms with van der Waals surface area (Å²) in [4.78, 5) is 8.90. The maximum atomic E-state index is 13.1. The Kier molecular flexibility index (Phi) is 4.94. The van der Waals surface area contributed by atoms with Crippen molar-refractivity contribution >= 4 is 28.8 Å². The summed E-state index contributed by atoms with van der Waals surface area (Å²) in [7, 11) is 0.